The predicted octanol–water partition coefficient (Wildman–Crippen LogP) is 7.09. The van der Waals surface area contributed by atoms with Crippen molar-refractivity contribution in [3.63, 3.8) is 0 Å². The Bertz CT molecular complexity index is 1310. The normalized spacial score (nSPS) is 15.5. The molecule has 0 radical (unpaired) electrons. The Balaban J connectivity index is 1.54. The summed E-state index contributed by atoms with van der Waals surface area (Å²) in [5, 5.41) is 1.24. The number of piperidine rings is 1. The van der Waals surface area contributed by atoms with Crippen LogP contribution in [0.1, 0.15) is 59.9 Å². The van der Waals surface area contributed by atoms with Crippen LogP contribution < -0.4 is 0 Å². The van der Waals surface area contributed by atoms with Crippen LogP contribution in [0.15, 0.2) is 79.0 Å². The molecule has 0 bridgehead atoms. The minimum absolute atomic E-state index is 0.0333. The number of nitrogens with zero attached hydrogens (tertiary/aromatic N) is 2. The number of benzene rings is 3. The molecule has 0 aliphatic carbocycles. The van der Waals surface area contributed by atoms with E-state index in [0.717, 1.165) is 32.5 Å². The lowest BCUT2D eigenvalue weighted by Gasteiger charge is -2.31. The van der Waals surface area contributed by atoms with E-state index in [4.69, 9.17) is 0 Å². The number of hydrogen-bond acceptors (Lipinski definition) is 1. The molecule has 1 amide bonds. The number of amides is 1. The van der Waals surface area contributed by atoms with Crippen molar-refractivity contribution in [2.24, 2.45) is 5.92 Å². The number of rotatable bonds is 6. The third kappa shape index (κ3) is 5.19. The quantitative estimate of drug-likeness (QED) is 0.299. The van der Waals surface area contributed by atoms with Crippen molar-refractivity contribution in [2.45, 2.75) is 52.5 Å². The summed E-state index contributed by atoms with van der Waals surface area (Å²) in [5.41, 5.74) is 7.49. The highest BCUT2D eigenvalue weighted by molar-refractivity contribution is 5.87. The highest BCUT2D eigenvalue weighted by Gasteiger charge is 2.27. The van der Waals surface area contributed by atoms with Gasteiger partial charge in [-0.2, -0.15) is 0 Å². The van der Waals surface area contributed by atoms with E-state index in [2.05, 4.69) is 109 Å². The van der Waals surface area contributed by atoms with Crippen molar-refractivity contribution in [1.82, 2.24) is 9.47 Å². The zero-order valence-electron chi connectivity index (χ0n) is 21.2. The van der Waals surface area contributed by atoms with E-state index in [9.17, 15) is 4.79 Å². The second-order valence-corrected chi connectivity index (χ2v) is 10.4. The van der Waals surface area contributed by atoms with Crippen LogP contribution in [0.4, 0.5) is 0 Å². The largest absolute Gasteiger partial charge is 0.343 e. The van der Waals surface area contributed by atoms with E-state index >= 15 is 0 Å². The van der Waals surface area contributed by atoms with Crippen molar-refractivity contribution in [1.29, 1.82) is 0 Å². The van der Waals surface area contributed by atoms with E-state index < -0.39 is 0 Å². The van der Waals surface area contributed by atoms with Gasteiger partial charge in [0.1, 0.15) is 0 Å². The van der Waals surface area contributed by atoms with Crippen molar-refractivity contribution in [3.8, 4) is 0 Å². The van der Waals surface area contributed by atoms with Crippen LogP contribution in [-0.2, 0) is 11.3 Å². The van der Waals surface area contributed by atoms with E-state index in [1.54, 1.807) is 0 Å². The predicted molar refractivity (Wildman–Crippen MR) is 145 cm³/mol. The SMILES string of the molecule is Cc1ccc(Cn2cc([C@H](CC(=O)N3CCC(C)CC3)c3cccc(C)c3)c3ccccc32)cc1. The molecule has 35 heavy (non-hydrogen) atoms. The fourth-order valence-electron chi connectivity index (χ4n) is 5.43. The number of aromatic nitrogens is 1. The number of para-hydroxylation sites is 1. The molecule has 1 aromatic heterocycles. The lowest BCUT2D eigenvalue weighted by Crippen LogP contribution is -2.38. The fourth-order valence-corrected chi connectivity index (χ4v) is 5.43. The Morgan fingerprint density at radius 3 is 2.40 bits per heavy atom. The fraction of sp³-hybridized carbons (Fsp3) is 0.344. The van der Waals surface area contributed by atoms with Gasteiger partial charge >= 0.3 is 0 Å². The standard InChI is InChI=1S/C32H36N2O/c1-23-11-13-26(14-12-23)21-34-22-30(28-9-4-5-10-31(28)34)29(27-8-6-7-25(3)19-27)20-32(35)33-17-15-24(2)16-18-33/h4-14,19,22,24,29H,15-18,20-21H2,1-3H3/t29-/m1/s1. The Hall–Kier alpha value is -3.33. The number of carbonyl (C=O) groups is 1. The molecule has 1 aliphatic rings. The zero-order valence-corrected chi connectivity index (χ0v) is 21.2. The molecule has 4 aromatic rings. The van der Waals surface area contributed by atoms with Crippen LogP contribution in [0.3, 0.4) is 0 Å². The molecule has 3 nitrogen and oxygen atoms in total. The summed E-state index contributed by atoms with van der Waals surface area (Å²) in [5.74, 6) is 1.02. The highest BCUT2D eigenvalue weighted by Crippen LogP contribution is 2.36. The second kappa shape index (κ2) is 10.1. The molecule has 5 rings (SSSR count). The molecule has 0 unspecified atom stereocenters. The van der Waals surface area contributed by atoms with Gasteiger partial charge in [0.2, 0.25) is 5.91 Å². The van der Waals surface area contributed by atoms with Crippen molar-refractivity contribution in [3.05, 3.63) is 107 Å². The van der Waals surface area contributed by atoms with Gasteiger partial charge in [0.05, 0.1) is 0 Å². The van der Waals surface area contributed by atoms with E-state index in [1.807, 2.05) is 0 Å². The summed E-state index contributed by atoms with van der Waals surface area (Å²) in [7, 11) is 0. The minimum atomic E-state index is 0.0333. The molecular weight excluding hydrogens is 428 g/mol. The maximum absolute atomic E-state index is 13.5. The molecule has 1 aliphatic heterocycles. The number of likely N-dealkylation sites (tertiary alicyclic amines) is 1. The molecule has 180 valence electrons. The summed E-state index contributed by atoms with van der Waals surface area (Å²) in [6.07, 6.45) is 5.02. The third-order valence-corrected chi connectivity index (χ3v) is 7.63. The first-order valence-corrected chi connectivity index (χ1v) is 13.0. The van der Waals surface area contributed by atoms with E-state index in [1.165, 1.54) is 38.7 Å². The highest BCUT2D eigenvalue weighted by atomic mass is 16.2. The summed E-state index contributed by atoms with van der Waals surface area (Å²) < 4.78 is 2.35. The first-order chi connectivity index (χ1) is 17.0. The number of aryl methyl sites for hydroxylation is 2. The lowest BCUT2D eigenvalue weighted by atomic mass is 9.86. The van der Waals surface area contributed by atoms with Crippen molar-refractivity contribution >= 4 is 16.8 Å². The van der Waals surface area contributed by atoms with Crippen LogP contribution in [0.5, 0.6) is 0 Å². The van der Waals surface area contributed by atoms with Gasteiger partial charge in [0, 0.05) is 49.1 Å². The minimum Gasteiger partial charge on any atom is -0.343 e. The summed E-state index contributed by atoms with van der Waals surface area (Å²) in [6.45, 7) is 9.14. The third-order valence-electron chi connectivity index (χ3n) is 7.63. The van der Waals surface area contributed by atoms with Gasteiger partial charge in [0.25, 0.3) is 0 Å². The molecule has 1 saturated heterocycles. The van der Waals surface area contributed by atoms with Gasteiger partial charge in [-0.25, -0.2) is 0 Å². The molecule has 2 heterocycles. The average Bonchev–Trinajstić information content (AvgIpc) is 3.22. The molecule has 0 saturated carbocycles. The maximum Gasteiger partial charge on any atom is 0.223 e. The van der Waals surface area contributed by atoms with Gasteiger partial charge in [-0.05, 0) is 55.4 Å². The maximum atomic E-state index is 13.5. The Kier molecular flexibility index (Phi) is 6.77. The molecule has 0 N–H and O–H groups in total. The number of carbonyl (C=O) groups excluding carboxylic acids is 1. The van der Waals surface area contributed by atoms with E-state index in [0.29, 0.717) is 12.3 Å². The van der Waals surface area contributed by atoms with Crippen molar-refractivity contribution in [2.75, 3.05) is 13.1 Å². The molecule has 1 atom stereocenters. The molecule has 3 aromatic carbocycles. The van der Waals surface area contributed by atoms with Crippen molar-refractivity contribution < 1.29 is 4.79 Å². The molecule has 0 spiro atoms. The Morgan fingerprint density at radius 2 is 1.66 bits per heavy atom. The van der Waals surface area contributed by atoms with Crippen LogP contribution in [0.25, 0.3) is 10.9 Å². The average molecular weight is 465 g/mol. The van der Waals surface area contributed by atoms with Crippen LogP contribution in [0, 0.1) is 19.8 Å². The topological polar surface area (TPSA) is 25.2 Å². The van der Waals surface area contributed by atoms with Gasteiger partial charge in [-0.15, -0.1) is 0 Å². The first kappa shape index (κ1) is 23.4. The molecule has 1 fully saturated rings. The van der Waals surface area contributed by atoms with Gasteiger partial charge < -0.3 is 9.47 Å². The smallest absolute Gasteiger partial charge is 0.223 e. The Morgan fingerprint density at radius 1 is 0.914 bits per heavy atom. The first-order valence-electron chi connectivity index (χ1n) is 13.0. The van der Waals surface area contributed by atoms with Gasteiger partial charge in [0.15, 0.2) is 0 Å². The summed E-state index contributed by atoms with van der Waals surface area (Å²) in [4.78, 5) is 15.6. The van der Waals surface area contributed by atoms with Crippen LogP contribution in [0.2, 0.25) is 0 Å². The second-order valence-electron chi connectivity index (χ2n) is 10.4. The zero-order chi connectivity index (χ0) is 24.4. The van der Waals surface area contributed by atoms with Gasteiger partial charge in [-0.1, -0.05) is 84.8 Å². The molecule has 3 heteroatoms. The summed E-state index contributed by atoms with van der Waals surface area (Å²) >= 11 is 0. The monoisotopic (exact) mass is 464 g/mol. The van der Waals surface area contributed by atoms with Crippen LogP contribution in [-0.4, -0.2) is 28.5 Å². The van der Waals surface area contributed by atoms with Crippen LogP contribution >= 0.6 is 0 Å². The summed E-state index contributed by atoms with van der Waals surface area (Å²) in [6, 6.07) is 26.1. The number of hydrogen-bond donors (Lipinski definition) is 0. The lowest BCUT2D eigenvalue weighted by molar-refractivity contribution is -0.132. The molecular formula is C32H36N2O. The van der Waals surface area contributed by atoms with E-state index in [-0.39, 0.29) is 11.8 Å². The van der Waals surface area contributed by atoms with Gasteiger partial charge in [-0.3, -0.25) is 4.79 Å². The number of fused-ring (bicyclic) bond motifs is 1. The Labute approximate surface area is 209 Å².